The van der Waals surface area contributed by atoms with E-state index in [-0.39, 0.29) is 25.6 Å². The average molecular weight is 655 g/mol. The molecule has 250 valence electrons. The van der Waals surface area contributed by atoms with Crippen LogP contribution in [0.5, 0.6) is 5.75 Å². The minimum absolute atomic E-state index is 0.00582. The standard InChI is InChI=1S/C43H42O6/c1-4-13-34-25-35(41(44)6-3)21-23-39(34)40-26-38(22-20-31(40)5-2)47-27-30-18-19-36(28-48-42(45)32-14-9-7-10-15-32)37(24-30)29-49-43(46)33-16-11-8-12-17-33/h7-12,14-26H,4-6,13,27-29H2,1-3H3. The number of ketones is 1. The molecule has 0 radical (unpaired) electrons. The third kappa shape index (κ3) is 9.11. The lowest BCUT2D eigenvalue weighted by Gasteiger charge is -2.17. The second-order valence-corrected chi connectivity index (χ2v) is 11.8. The average Bonchev–Trinajstić information content (AvgIpc) is 3.15. The van der Waals surface area contributed by atoms with Gasteiger partial charge in [-0.1, -0.05) is 93.9 Å². The number of hydrogen-bond donors (Lipinski definition) is 0. The molecule has 5 aromatic rings. The van der Waals surface area contributed by atoms with Gasteiger partial charge in [-0.3, -0.25) is 4.79 Å². The Balaban J connectivity index is 1.37. The fourth-order valence-electron chi connectivity index (χ4n) is 5.73. The summed E-state index contributed by atoms with van der Waals surface area (Å²) in [6.07, 6.45) is 3.18. The number of benzene rings is 5. The van der Waals surface area contributed by atoms with Gasteiger partial charge in [0.25, 0.3) is 0 Å². The fourth-order valence-corrected chi connectivity index (χ4v) is 5.73. The van der Waals surface area contributed by atoms with Gasteiger partial charge in [-0.25, -0.2) is 9.59 Å². The minimum atomic E-state index is -0.437. The number of ether oxygens (including phenoxy) is 3. The molecule has 0 aromatic heterocycles. The van der Waals surface area contributed by atoms with Crippen molar-refractivity contribution in [2.24, 2.45) is 0 Å². The molecule has 0 saturated heterocycles. The van der Waals surface area contributed by atoms with Crippen LogP contribution in [-0.2, 0) is 42.1 Å². The van der Waals surface area contributed by atoms with Crippen LogP contribution in [0.4, 0.5) is 0 Å². The molecule has 49 heavy (non-hydrogen) atoms. The van der Waals surface area contributed by atoms with E-state index in [0.29, 0.717) is 17.5 Å². The zero-order chi connectivity index (χ0) is 34.6. The van der Waals surface area contributed by atoms with Gasteiger partial charge in [0.15, 0.2) is 5.78 Å². The Hall–Kier alpha value is -5.49. The van der Waals surface area contributed by atoms with Crippen LogP contribution < -0.4 is 4.74 Å². The first-order valence-electron chi connectivity index (χ1n) is 16.9. The second kappa shape index (κ2) is 17.1. The van der Waals surface area contributed by atoms with Crippen molar-refractivity contribution in [3.8, 4) is 16.9 Å². The molecule has 0 atom stereocenters. The van der Waals surface area contributed by atoms with E-state index in [9.17, 15) is 14.4 Å². The number of carbonyl (C=O) groups excluding carboxylic acids is 3. The summed E-state index contributed by atoms with van der Waals surface area (Å²) < 4.78 is 17.6. The third-order valence-corrected chi connectivity index (χ3v) is 8.43. The van der Waals surface area contributed by atoms with Gasteiger partial charge in [-0.15, -0.1) is 0 Å². The van der Waals surface area contributed by atoms with Crippen LogP contribution in [0.15, 0.2) is 115 Å². The summed E-state index contributed by atoms with van der Waals surface area (Å²) >= 11 is 0. The normalized spacial score (nSPS) is 10.8. The van der Waals surface area contributed by atoms with Crippen LogP contribution in [0.1, 0.15) is 92.5 Å². The zero-order valence-corrected chi connectivity index (χ0v) is 28.4. The summed E-state index contributed by atoms with van der Waals surface area (Å²) in [6, 6.07) is 35.6. The molecular weight excluding hydrogens is 612 g/mol. The maximum atomic E-state index is 12.8. The maximum Gasteiger partial charge on any atom is 0.338 e. The lowest BCUT2D eigenvalue weighted by molar-refractivity contribution is 0.0435. The topological polar surface area (TPSA) is 78.9 Å². The summed E-state index contributed by atoms with van der Waals surface area (Å²) in [5.41, 5.74) is 8.59. The van der Waals surface area contributed by atoms with Crippen LogP contribution >= 0.6 is 0 Å². The van der Waals surface area contributed by atoms with Crippen molar-refractivity contribution in [1.82, 2.24) is 0 Å². The van der Waals surface area contributed by atoms with E-state index in [0.717, 1.165) is 64.0 Å². The Morgan fingerprint density at radius 1 is 0.531 bits per heavy atom. The first-order chi connectivity index (χ1) is 23.9. The second-order valence-electron chi connectivity index (χ2n) is 11.8. The predicted octanol–water partition coefficient (Wildman–Crippen LogP) is 9.75. The van der Waals surface area contributed by atoms with E-state index in [1.807, 2.05) is 55.5 Å². The Kier molecular flexibility index (Phi) is 12.1. The number of carbonyl (C=O) groups is 3. The highest BCUT2D eigenvalue weighted by Crippen LogP contribution is 2.33. The van der Waals surface area contributed by atoms with Gasteiger partial charge in [-0.05, 0) is 100 Å². The van der Waals surface area contributed by atoms with Crippen molar-refractivity contribution in [3.63, 3.8) is 0 Å². The highest BCUT2D eigenvalue weighted by atomic mass is 16.5. The molecule has 5 rings (SSSR count). The molecule has 0 amide bonds. The lowest BCUT2D eigenvalue weighted by atomic mass is 9.90. The highest BCUT2D eigenvalue weighted by Gasteiger charge is 2.16. The predicted molar refractivity (Wildman–Crippen MR) is 192 cm³/mol. The quantitative estimate of drug-likeness (QED) is 0.0826. The van der Waals surface area contributed by atoms with Crippen LogP contribution in [0, 0.1) is 0 Å². The summed E-state index contributed by atoms with van der Waals surface area (Å²) in [7, 11) is 0. The number of Topliss-reactive ketones (excluding diaryl/α,β-unsaturated/α-hetero) is 1. The molecule has 0 heterocycles. The van der Waals surface area contributed by atoms with Crippen molar-refractivity contribution in [2.45, 2.75) is 66.3 Å². The number of aryl methyl sites for hydroxylation is 2. The van der Waals surface area contributed by atoms with Gasteiger partial charge in [-0.2, -0.15) is 0 Å². The maximum absolute atomic E-state index is 12.8. The Morgan fingerprint density at radius 3 is 1.78 bits per heavy atom. The Bertz CT molecular complexity index is 1900. The van der Waals surface area contributed by atoms with E-state index in [2.05, 4.69) is 32.0 Å². The van der Waals surface area contributed by atoms with Crippen LogP contribution in [0.2, 0.25) is 0 Å². The van der Waals surface area contributed by atoms with Gasteiger partial charge in [0.05, 0.1) is 11.1 Å². The zero-order valence-electron chi connectivity index (χ0n) is 28.4. The van der Waals surface area contributed by atoms with Gasteiger partial charge >= 0.3 is 11.9 Å². The number of esters is 2. The molecule has 5 aromatic carbocycles. The molecule has 0 N–H and O–H groups in total. The van der Waals surface area contributed by atoms with Gasteiger partial charge in [0.1, 0.15) is 25.6 Å². The van der Waals surface area contributed by atoms with Crippen molar-refractivity contribution >= 4 is 17.7 Å². The van der Waals surface area contributed by atoms with Crippen molar-refractivity contribution in [2.75, 3.05) is 0 Å². The Labute approximate surface area is 288 Å². The summed E-state index contributed by atoms with van der Waals surface area (Å²) in [5, 5.41) is 0. The van der Waals surface area contributed by atoms with Gasteiger partial charge in [0.2, 0.25) is 0 Å². The van der Waals surface area contributed by atoms with E-state index >= 15 is 0 Å². The first-order valence-corrected chi connectivity index (χ1v) is 16.9. The lowest BCUT2D eigenvalue weighted by Crippen LogP contribution is -2.10. The number of rotatable bonds is 15. The third-order valence-electron chi connectivity index (χ3n) is 8.43. The van der Waals surface area contributed by atoms with Crippen molar-refractivity contribution < 1.29 is 28.6 Å². The molecule has 0 unspecified atom stereocenters. The molecule has 6 heteroatoms. The van der Waals surface area contributed by atoms with Gasteiger partial charge in [0, 0.05) is 12.0 Å². The van der Waals surface area contributed by atoms with Crippen molar-refractivity contribution in [1.29, 1.82) is 0 Å². The highest BCUT2D eigenvalue weighted by molar-refractivity contribution is 5.96. The first kappa shape index (κ1) is 34.8. The largest absolute Gasteiger partial charge is 0.489 e. The van der Waals surface area contributed by atoms with Crippen LogP contribution in [0.3, 0.4) is 0 Å². The van der Waals surface area contributed by atoms with Gasteiger partial charge < -0.3 is 14.2 Å². The van der Waals surface area contributed by atoms with E-state index in [4.69, 9.17) is 14.2 Å². The molecule has 0 spiro atoms. The molecular formula is C43H42O6. The molecule has 6 nitrogen and oxygen atoms in total. The summed E-state index contributed by atoms with van der Waals surface area (Å²) in [4.78, 5) is 37.9. The van der Waals surface area contributed by atoms with Crippen molar-refractivity contribution in [3.05, 3.63) is 160 Å². The van der Waals surface area contributed by atoms with E-state index in [1.165, 1.54) is 5.56 Å². The summed E-state index contributed by atoms with van der Waals surface area (Å²) in [5.74, 6) is 0.000361. The molecule has 0 aliphatic rings. The number of hydrogen-bond acceptors (Lipinski definition) is 6. The SMILES string of the molecule is CCCc1cc(C(=O)CC)ccc1-c1cc(OCc2ccc(COC(=O)c3ccccc3)c(COC(=O)c3ccccc3)c2)ccc1CC. The van der Waals surface area contributed by atoms with E-state index < -0.39 is 11.9 Å². The monoisotopic (exact) mass is 654 g/mol. The molecule has 0 saturated carbocycles. The Morgan fingerprint density at radius 2 is 1.16 bits per heavy atom. The van der Waals surface area contributed by atoms with E-state index in [1.54, 1.807) is 48.5 Å². The smallest absolute Gasteiger partial charge is 0.338 e. The molecule has 0 aliphatic carbocycles. The molecule has 0 fully saturated rings. The minimum Gasteiger partial charge on any atom is -0.489 e. The van der Waals surface area contributed by atoms with Crippen LogP contribution in [-0.4, -0.2) is 17.7 Å². The summed E-state index contributed by atoms with van der Waals surface area (Å²) in [6.45, 7) is 6.48. The molecule has 0 bridgehead atoms. The fraction of sp³-hybridized carbons (Fsp3) is 0.233. The van der Waals surface area contributed by atoms with Crippen LogP contribution in [0.25, 0.3) is 11.1 Å². The molecule has 0 aliphatic heterocycles.